The summed E-state index contributed by atoms with van der Waals surface area (Å²) in [5, 5.41) is 7.54. The van der Waals surface area contributed by atoms with E-state index in [4.69, 9.17) is 0 Å². The van der Waals surface area contributed by atoms with Crippen molar-refractivity contribution in [3.05, 3.63) is 182 Å². The number of fused-ring (bicyclic) bond motifs is 9. The highest BCUT2D eigenvalue weighted by molar-refractivity contribution is 6.68. The molecule has 0 atom stereocenters. The van der Waals surface area contributed by atoms with Crippen LogP contribution in [0.25, 0.3) is 105 Å². The molecule has 9 aromatic carbocycles. The Kier molecular flexibility index (Phi) is 8.18. The van der Waals surface area contributed by atoms with Crippen LogP contribution in [0.5, 0.6) is 0 Å². The van der Waals surface area contributed by atoms with Crippen LogP contribution in [-0.2, 0) is 0 Å². The second-order valence-electron chi connectivity index (χ2n) is 17.1. The molecule has 0 aliphatic heterocycles. The molecule has 0 aliphatic carbocycles. The number of hydrogen-bond acceptors (Lipinski definition) is 0. The van der Waals surface area contributed by atoms with Crippen molar-refractivity contribution in [1.29, 1.82) is 0 Å². The van der Waals surface area contributed by atoms with Crippen molar-refractivity contribution in [1.82, 2.24) is 13.7 Å². The first kappa shape index (κ1) is 36.5. The SMILES string of the molecule is Bc1c(B)c(B)c(-n2c3ccc(-c4ccc5c(c4)c4ccccc4n5-c4ccccc4)cc3c3cc(-c4ccc5c(c4)c4ccccc4n5-c4ccccc4)ccc32)c(B)c1B. The highest BCUT2D eigenvalue weighted by Gasteiger charge is 2.21. The third-order valence-corrected chi connectivity index (χ3v) is 14.0. The quantitative estimate of drug-likeness (QED) is 0.202. The lowest BCUT2D eigenvalue weighted by atomic mass is 9.61. The number of rotatable bonds is 5. The number of nitrogens with zero attached hydrogens (tertiary/aromatic N) is 3. The van der Waals surface area contributed by atoms with Gasteiger partial charge in [0.15, 0.2) is 0 Å². The maximum Gasteiger partial charge on any atom is 0.141 e. The van der Waals surface area contributed by atoms with Crippen molar-refractivity contribution in [2.24, 2.45) is 0 Å². The second kappa shape index (κ2) is 13.9. The first-order valence-corrected chi connectivity index (χ1v) is 21.7. The van der Waals surface area contributed by atoms with Crippen molar-refractivity contribution in [2.75, 3.05) is 0 Å². The van der Waals surface area contributed by atoms with Crippen LogP contribution in [0.3, 0.4) is 0 Å². The van der Waals surface area contributed by atoms with Gasteiger partial charge in [-0.25, -0.2) is 0 Å². The van der Waals surface area contributed by atoms with Crippen LogP contribution >= 0.6 is 0 Å². The molecule has 286 valence electrons. The van der Waals surface area contributed by atoms with Gasteiger partial charge in [0.25, 0.3) is 0 Å². The Morgan fingerprint density at radius 3 is 0.919 bits per heavy atom. The molecule has 0 bridgehead atoms. The van der Waals surface area contributed by atoms with Crippen LogP contribution in [0.4, 0.5) is 0 Å². The monoisotopic (exact) mass is 785 g/mol. The van der Waals surface area contributed by atoms with E-state index in [1.807, 2.05) is 0 Å². The fraction of sp³-hybridized carbons (Fsp3) is 0. The van der Waals surface area contributed by atoms with Gasteiger partial charge in [-0.3, -0.25) is 0 Å². The lowest BCUT2D eigenvalue weighted by molar-refractivity contribution is 1.18. The van der Waals surface area contributed by atoms with E-state index >= 15 is 0 Å². The van der Waals surface area contributed by atoms with E-state index in [-0.39, 0.29) is 0 Å². The summed E-state index contributed by atoms with van der Waals surface area (Å²) in [7, 11) is 11.4. The topological polar surface area (TPSA) is 14.8 Å². The third-order valence-electron chi connectivity index (χ3n) is 14.0. The molecule has 12 rings (SSSR count). The van der Waals surface area contributed by atoms with E-state index in [1.165, 1.54) is 132 Å². The minimum Gasteiger partial charge on any atom is -0.310 e. The zero-order valence-corrected chi connectivity index (χ0v) is 35.7. The summed E-state index contributed by atoms with van der Waals surface area (Å²) >= 11 is 0. The molecule has 3 heterocycles. The summed E-state index contributed by atoms with van der Waals surface area (Å²) in [6, 6.07) is 67.2. The first-order valence-electron chi connectivity index (χ1n) is 21.7. The van der Waals surface area contributed by atoms with Crippen molar-refractivity contribution in [3.8, 4) is 39.3 Å². The zero-order valence-electron chi connectivity index (χ0n) is 35.7. The molecule has 3 nitrogen and oxygen atoms in total. The molecule has 3 aromatic heterocycles. The van der Waals surface area contributed by atoms with Crippen molar-refractivity contribution >= 4 is 132 Å². The Labute approximate surface area is 365 Å². The maximum absolute atomic E-state index is 2.54. The van der Waals surface area contributed by atoms with Gasteiger partial charge in [0.1, 0.15) is 39.2 Å². The van der Waals surface area contributed by atoms with Gasteiger partial charge in [-0.15, -0.1) is 5.46 Å². The normalized spacial score (nSPS) is 11.9. The van der Waals surface area contributed by atoms with E-state index in [9.17, 15) is 0 Å². The minimum atomic E-state index is 1.17. The smallest absolute Gasteiger partial charge is 0.141 e. The van der Waals surface area contributed by atoms with Gasteiger partial charge in [-0.2, -0.15) is 0 Å². The lowest BCUT2D eigenvalue weighted by Crippen LogP contribution is -2.56. The highest BCUT2D eigenvalue weighted by atomic mass is 15.0. The van der Waals surface area contributed by atoms with Crippen LogP contribution in [0.2, 0.25) is 0 Å². The Morgan fingerprint density at radius 1 is 0.242 bits per heavy atom. The second-order valence-corrected chi connectivity index (χ2v) is 17.1. The van der Waals surface area contributed by atoms with Gasteiger partial charge in [0, 0.05) is 49.4 Å². The predicted molar refractivity (Wildman–Crippen MR) is 281 cm³/mol. The summed E-state index contributed by atoms with van der Waals surface area (Å²) < 4.78 is 7.31. The molecule has 62 heavy (non-hydrogen) atoms. The molecule has 0 N–H and O–H groups in total. The van der Waals surface area contributed by atoms with Gasteiger partial charge in [-0.05, 0) is 107 Å². The number of para-hydroxylation sites is 4. The Morgan fingerprint density at radius 2 is 0.532 bits per heavy atom. The standard InChI is InChI=1S/C54H40B5N3/c55-49-50(56)52(58)54(53(59)51(49)57)62-47-25-21-33(31-19-23-45-39(27-31)37-15-7-9-17-43(37)60(45)35-11-3-1-4-12-35)29-41(47)42-30-34(22-26-48(42)62)32-20-24-46-40(28-32)38-16-8-10-18-44(38)61(46)36-13-5-2-6-14-36/h1-30H,55-59H2. The summed E-state index contributed by atoms with van der Waals surface area (Å²) in [6.07, 6.45) is 0. The molecule has 8 heteroatoms. The molecule has 0 unspecified atom stereocenters. The van der Waals surface area contributed by atoms with Gasteiger partial charge < -0.3 is 13.7 Å². The molecular formula is C54H40B5N3. The maximum atomic E-state index is 2.54. The number of hydrogen-bond donors (Lipinski definition) is 0. The fourth-order valence-corrected chi connectivity index (χ4v) is 10.5. The lowest BCUT2D eigenvalue weighted by Gasteiger charge is -2.22. The van der Waals surface area contributed by atoms with E-state index < -0.39 is 0 Å². The molecule has 0 saturated carbocycles. The van der Waals surface area contributed by atoms with E-state index in [2.05, 4.69) is 235 Å². The van der Waals surface area contributed by atoms with Gasteiger partial charge >= 0.3 is 0 Å². The van der Waals surface area contributed by atoms with Crippen LogP contribution in [0, 0.1) is 0 Å². The molecule has 0 radical (unpaired) electrons. The molecule has 0 aliphatic rings. The molecule has 0 saturated heterocycles. The average Bonchev–Trinajstić information content (AvgIpc) is 3.95. The van der Waals surface area contributed by atoms with E-state index in [0.717, 1.165) is 0 Å². The largest absolute Gasteiger partial charge is 0.310 e. The molecule has 0 amide bonds. The Bertz CT molecular complexity index is 3560. The van der Waals surface area contributed by atoms with Gasteiger partial charge in [0.2, 0.25) is 0 Å². The van der Waals surface area contributed by atoms with Crippen LogP contribution < -0.4 is 27.3 Å². The zero-order chi connectivity index (χ0) is 41.8. The molecular weight excluding hydrogens is 745 g/mol. The number of aromatic nitrogens is 3. The van der Waals surface area contributed by atoms with Crippen LogP contribution in [-0.4, -0.2) is 52.9 Å². The van der Waals surface area contributed by atoms with E-state index in [0.29, 0.717) is 0 Å². The molecule has 12 aromatic rings. The molecule has 0 fully saturated rings. The van der Waals surface area contributed by atoms with Gasteiger partial charge in [0.05, 0.1) is 33.1 Å². The summed E-state index contributed by atoms with van der Waals surface area (Å²) in [4.78, 5) is 0. The average molecular weight is 785 g/mol. The summed E-state index contributed by atoms with van der Waals surface area (Å²) in [6.45, 7) is 0. The van der Waals surface area contributed by atoms with Crippen LogP contribution in [0.15, 0.2) is 182 Å². The van der Waals surface area contributed by atoms with Crippen molar-refractivity contribution in [3.63, 3.8) is 0 Å². The van der Waals surface area contributed by atoms with Crippen molar-refractivity contribution < 1.29 is 0 Å². The summed E-state index contributed by atoms with van der Waals surface area (Å²) in [5.74, 6) is 0. The first-order chi connectivity index (χ1) is 30.4. The summed E-state index contributed by atoms with van der Waals surface area (Å²) in [5.41, 5.74) is 22.5. The molecule has 0 spiro atoms. The minimum absolute atomic E-state index is 1.17. The Balaban J connectivity index is 1.09. The highest BCUT2D eigenvalue weighted by Crippen LogP contribution is 2.40. The van der Waals surface area contributed by atoms with Crippen LogP contribution in [0.1, 0.15) is 0 Å². The van der Waals surface area contributed by atoms with E-state index in [1.54, 1.807) is 0 Å². The Hall–Kier alpha value is -7.30. The van der Waals surface area contributed by atoms with Crippen molar-refractivity contribution in [2.45, 2.75) is 0 Å². The number of benzene rings is 9. The van der Waals surface area contributed by atoms with Gasteiger partial charge in [-0.1, -0.05) is 119 Å². The third kappa shape index (κ3) is 5.32. The fourth-order valence-electron chi connectivity index (χ4n) is 10.5. The predicted octanol–water partition coefficient (Wildman–Crippen LogP) is 5.60.